The van der Waals surface area contributed by atoms with E-state index in [2.05, 4.69) is 55.7 Å². The fourth-order valence-electron chi connectivity index (χ4n) is 2.94. The molecule has 0 saturated carbocycles. The van der Waals surface area contributed by atoms with Crippen LogP contribution in [-0.4, -0.2) is 19.0 Å². The number of hydrogen-bond acceptors (Lipinski definition) is 2. The Balaban J connectivity index is 0.00000242. The average molecular weight is 325 g/mol. The highest BCUT2D eigenvalue weighted by Gasteiger charge is 2.25. The summed E-state index contributed by atoms with van der Waals surface area (Å²) in [5.41, 5.74) is 2.54. The Hall–Kier alpha value is -1.06. The second kappa shape index (κ2) is 9.16. The molecular formula is C18H29ClN2O. The van der Waals surface area contributed by atoms with E-state index >= 15 is 0 Å². The molecule has 124 valence electrons. The lowest BCUT2D eigenvalue weighted by atomic mass is 9.92. The summed E-state index contributed by atoms with van der Waals surface area (Å²) in [6.07, 6.45) is 3.14. The summed E-state index contributed by atoms with van der Waals surface area (Å²) in [5.74, 6) is 0.702. The highest BCUT2D eigenvalue weighted by Crippen LogP contribution is 2.23. The summed E-state index contributed by atoms with van der Waals surface area (Å²) in [6, 6.07) is 8.74. The molecule has 2 atom stereocenters. The van der Waals surface area contributed by atoms with Crippen LogP contribution in [0.15, 0.2) is 24.3 Å². The summed E-state index contributed by atoms with van der Waals surface area (Å²) in [5, 5.41) is 6.57. The number of benzene rings is 1. The van der Waals surface area contributed by atoms with Crippen molar-refractivity contribution in [2.75, 3.05) is 13.1 Å². The molecule has 1 unspecified atom stereocenters. The molecule has 1 fully saturated rings. The summed E-state index contributed by atoms with van der Waals surface area (Å²) in [7, 11) is 0. The second-order valence-corrected chi connectivity index (χ2v) is 6.37. The topological polar surface area (TPSA) is 41.1 Å². The quantitative estimate of drug-likeness (QED) is 0.870. The van der Waals surface area contributed by atoms with Crippen molar-refractivity contribution in [2.24, 2.45) is 11.8 Å². The average Bonchev–Trinajstić information content (AvgIpc) is 2.53. The zero-order chi connectivity index (χ0) is 15.2. The van der Waals surface area contributed by atoms with E-state index in [-0.39, 0.29) is 30.3 Å². The molecule has 0 aliphatic carbocycles. The van der Waals surface area contributed by atoms with Gasteiger partial charge in [-0.3, -0.25) is 4.79 Å². The van der Waals surface area contributed by atoms with Crippen molar-refractivity contribution in [3.63, 3.8) is 0 Å². The van der Waals surface area contributed by atoms with E-state index in [1.165, 1.54) is 11.1 Å². The van der Waals surface area contributed by atoms with Crippen LogP contribution in [0.3, 0.4) is 0 Å². The van der Waals surface area contributed by atoms with Gasteiger partial charge in [-0.2, -0.15) is 0 Å². The van der Waals surface area contributed by atoms with Crippen LogP contribution in [0.2, 0.25) is 0 Å². The zero-order valence-corrected chi connectivity index (χ0v) is 14.7. The third kappa shape index (κ3) is 4.99. The largest absolute Gasteiger partial charge is 0.349 e. The highest BCUT2D eigenvalue weighted by molar-refractivity contribution is 5.85. The van der Waals surface area contributed by atoms with Gasteiger partial charge >= 0.3 is 0 Å². The van der Waals surface area contributed by atoms with Gasteiger partial charge in [0.2, 0.25) is 5.91 Å². The first-order chi connectivity index (χ1) is 10.1. The Morgan fingerprint density at radius 1 is 1.32 bits per heavy atom. The van der Waals surface area contributed by atoms with Crippen LogP contribution in [0.1, 0.15) is 50.8 Å². The number of nitrogens with one attached hydrogen (secondary N) is 2. The molecule has 0 aromatic heterocycles. The predicted octanol–water partition coefficient (Wildman–Crippen LogP) is 3.48. The number of carbonyl (C=O) groups is 1. The number of hydrogen-bond donors (Lipinski definition) is 2. The normalized spacial score (nSPS) is 19.4. The van der Waals surface area contributed by atoms with E-state index in [0.717, 1.165) is 32.4 Å². The third-order valence-corrected chi connectivity index (χ3v) is 4.38. The van der Waals surface area contributed by atoms with Gasteiger partial charge in [-0.15, -0.1) is 12.4 Å². The number of amides is 1. The Morgan fingerprint density at radius 2 is 2.00 bits per heavy atom. The molecule has 4 heteroatoms. The van der Waals surface area contributed by atoms with Crippen molar-refractivity contribution in [1.29, 1.82) is 0 Å². The van der Waals surface area contributed by atoms with Gasteiger partial charge in [0.15, 0.2) is 0 Å². The maximum atomic E-state index is 12.5. The summed E-state index contributed by atoms with van der Waals surface area (Å²) in [6.45, 7) is 8.34. The Bertz CT molecular complexity index is 453. The van der Waals surface area contributed by atoms with Gasteiger partial charge in [0.25, 0.3) is 0 Å². The Morgan fingerprint density at radius 3 is 2.50 bits per heavy atom. The maximum Gasteiger partial charge on any atom is 0.224 e. The molecule has 0 radical (unpaired) electrons. The van der Waals surface area contributed by atoms with Crippen LogP contribution in [0.5, 0.6) is 0 Å². The molecule has 0 spiro atoms. The van der Waals surface area contributed by atoms with Gasteiger partial charge in [-0.05, 0) is 42.9 Å². The number of aryl methyl sites for hydroxylation is 1. The van der Waals surface area contributed by atoms with Gasteiger partial charge in [-0.25, -0.2) is 0 Å². The van der Waals surface area contributed by atoms with Gasteiger partial charge < -0.3 is 10.6 Å². The molecule has 1 aliphatic rings. The number of rotatable bonds is 5. The summed E-state index contributed by atoms with van der Waals surface area (Å²) >= 11 is 0. The standard InChI is InChI=1S/C18H28N2O.ClH/c1-4-14-7-9-15(10-8-14)17(13(2)3)20-18(21)16-6-5-11-19-12-16;/h7-10,13,16-17,19H,4-6,11-12H2,1-3H3,(H,20,21);1H/t16-,17?;/m1./s1. The predicted molar refractivity (Wildman–Crippen MR) is 94.4 cm³/mol. The highest BCUT2D eigenvalue weighted by atomic mass is 35.5. The number of piperidine rings is 1. The monoisotopic (exact) mass is 324 g/mol. The molecule has 2 N–H and O–H groups in total. The lowest BCUT2D eigenvalue weighted by Crippen LogP contribution is -2.42. The fourth-order valence-corrected chi connectivity index (χ4v) is 2.94. The van der Waals surface area contributed by atoms with E-state index in [1.807, 2.05) is 0 Å². The van der Waals surface area contributed by atoms with Crippen LogP contribution in [0, 0.1) is 11.8 Å². The first-order valence-corrected chi connectivity index (χ1v) is 8.21. The molecule has 1 amide bonds. The molecule has 3 nitrogen and oxygen atoms in total. The van der Waals surface area contributed by atoms with E-state index in [9.17, 15) is 4.79 Å². The minimum Gasteiger partial charge on any atom is -0.349 e. The van der Waals surface area contributed by atoms with Crippen molar-refractivity contribution >= 4 is 18.3 Å². The van der Waals surface area contributed by atoms with Gasteiger partial charge in [0.1, 0.15) is 0 Å². The molecule has 2 rings (SSSR count). The third-order valence-electron chi connectivity index (χ3n) is 4.38. The molecule has 1 aromatic carbocycles. The van der Waals surface area contributed by atoms with Gasteiger partial charge in [0.05, 0.1) is 12.0 Å². The maximum absolute atomic E-state index is 12.5. The molecule has 1 aliphatic heterocycles. The minimum absolute atomic E-state index is 0. The first-order valence-electron chi connectivity index (χ1n) is 8.21. The van der Waals surface area contributed by atoms with Crippen LogP contribution >= 0.6 is 12.4 Å². The smallest absolute Gasteiger partial charge is 0.224 e. The lowest BCUT2D eigenvalue weighted by Gasteiger charge is -2.28. The SMILES string of the molecule is CCc1ccc(C(NC(=O)[C@@H]2CCCNC2)C(C)C)cc1.Cl. The van der Waals surface area contributed by atoms with Gasteiger partial charge in [0, 0.05) is 6.54 Å². The van der Waals surface area contributed by atoms with Crippen molar-refractivity contribution in [1.82, 2.24) is 10.6 Å². The van der Waals surface area contributed by atoms with E-state index in [4.69, 9.17) is 0 Å². The van der Waals surface area contributed by atoms with E-state index in [1.54, 1.807) is 0 Å². The molecule has 1 aromatic rings. The summed E-state index contributed by atoms with van der Waals surface area (Å²) < 4.78 is 0. The molecular weight excluding hydrogens is 296 g/mol. The van der Waals surface area contributed by atoms with E-state index < -0.39 is 0 Å². The van der Waals surface area contributed by atoms with Crippen molar-refractivity contribution in [3.8, 4) is 0 Å². The van der Waals surface area contributed by atoms with E-state index in [0.29, 0.717) is 5.92 Å². The van der Waals surface area contributed by atoms with Crippen LogP contribution < -0.4 is 10.6 Å². The van der Waals surface area contributed by atoms with Crippen LogP contribution in [-0.2, 0) is 11.2 Å². The molecule has 1 saturated heterocycles. The number of carbonyl (C=O) groups excluding carboxylic acids is 1. The van der Waals surface area contributed by atoms with Crippen LogP contribution in [0.4, 0.5) is 0 Å². The first kappa shape index (κ1) is 19.0. The van der Waals surface area contributed by atoms with Crippen LogP contribution in [0.25, 0.3) is 0 Å². The molecule has 0 bridgehead atoms. The van der Waals surface area contributed by atoms with Crippen molar-refractivity contribution in [3.05, 3.63) is 35.4 Å². The molecule has 22 heavy (non-hydrogen) atoms. The van der Waals surface area contributed by atoms with Crippen molar-refractivity contribution in [2.45, 2.75) is 46.1 Å². The Labute approximate surface area is 140 Å². The Kier molecular flexibility index (Phi) is 7.91. The lowest BCUT2D eigenvalue weighted by molar-refractivity contribution is -0.126. The van der Waals surface area contributed by atoms with Gasteiger partial charge in [-0.1, -0.05) is 45.0 Å². The summed E-state index contributed by atoms with van der Waals surface area (Å²) in [4.78, 5) is 12.5. The number of halogens is 1. The zero-order valence-electron chi connectivity index (χ0n) is 13.9. The minimum atomic E-state index is 0. The second-order valence-electron chi connectivity index (χ2n) is 6.37. The fraction of sp³-hybridized carbons (Fsp3) is 0.611. The molecule has 1 heterocycles. The van der Waals surface area contributed by atoms with Crippen molar-refractivity contribution < 1.29 is 4.79 Å².